The minimum atomic E-state index is -0.300. The molecule has 0 saturated carbocycles. The standard InChI is InChI=1S/C22H21FN4OS/c1-15(21(28)27-14-4-6-17-5-2-3-7-19(17)27)29-22-24-20(25-26-22)13-10-16-8-11-18(23)12-9-16/h2-3,5,7-13,15H,4,6,14H2,1H3,(H,24,25,26)/b13-10-/t15-/m1/s1. The number of nitrogens with zero attached hydrogens (tertiary/aromatic N) is 3. The first kappa shape index (κ1) is 19.4. The minimum Gasteiger partial charge on any atom is -0.311 e. The number of amides is 1. The number of carbonyl (C=O) groups is 1. The van der Waals surface area contributed by atoms with E-state index in [1.54, 1.807) is 18.2 Å². The molecule has 0 radical (unpaired) electrons. The summed E-state index contributed by atoms with van der Waals surface area (Å²) in [6.45, 7) is 2.62. The van der Waals surface area contributed by atoms with Gasteiger partial charge in [-0.25, -0.2) is 9.37 Å². The molecule has 1 N–H and O–H groups in total. The van der Waals surface area contributed by atoms with Gasteiger partial charge in [0.05, 0.1) is 5.25 Å². The van der Waals surface area contributed by atoms with Crippen molar-refractivity contribution in [3.63, 3.8) is 0 Å². The van der Waals surface area contributed by atoms with Crippen LogP contribution < -0.4 is 4.90 Å². The van der Waals surface area contributed by atoms with Gasteiger partial charge in [0.15, 0.2) is 0 Å². The number of anilines is 1. The Kier molecular flexibility index (Phi) is 5.76. The zero-order chi connectivity index (χ0) is 20.2. The lowest BCUT2D eigenvalue weighted by Crippen LogP contribution is -2.40. The number of halogens is 1. The van der Waals surface area contributed by atoms with E-state index in [9.17, 15) is 9.18 Å². The monoisotopic (exact) mass is 408 g/mol. The number of hydrogen-bond acceptors (Lipinski definition) is 4. The number of nitrogens with one attached hydrogen (secondary N) is 1. The van der Waals surface area contributed by atoms with Crippen LogP contribution in [0.2, 0.25) is 0 Å². The van der Waals surface area contributed by atoms with Crippen molar-refractivity contribution in [1.29, 1.82) is 0 Å². The second kappa shape index (κ2) is 8.61. The van der Waals surface area contributed by atoms with Gasteiger partial charge in [-0.05, 0) is 55.2 Å². The van der Waals surface area contributed by atoms with E-state index >= 15 is 0 Å². The molecule has 0 saturated heterocycles. The Balaban J connectivity index is 1.41. The lowest BCUT2D eigenvalue weighted by molar-refractivity contribution is -0.117. The summed E-state index contributed by atoms with van der Waals surface area (Å²) in [5, 5.41) is 7.28. The number of thioether (sulfide) groups is 1. The van der Waals surface area contributed by atoms with Crippen LogP contribution in [0.25, 0.3) is 12.2 Å². The number of H-pyrrole nitrogens is 1. The SMILES string of the molecule is C[C@@H](Sc1n[nH]c(/C=C\c2ccc(F)cc2)n1)C(=O)N1CCCc2ccccc21. The first-order valence-corrected chi connectivity index (χ1v) is 10.4. The normalized spacial score (nSPS) is 14.8. The average molecular weight is 409 g/mol. The molecule has 148 valence electrons. The summed E-state index contributed by atoms with van der Waals surface area (Å²) in [5.74, 6) is 0.380. The minimum absolute atomic E-state index is 0.0651. The Hall–Kier alpha value is -2.93. The maximum atomic E-state index is 13.0. The Morgan fingerprint density at radius 3 is 2.83 bits per heavy atom. The van der Waals surface area contributed by atoms with Crippen molar-refractivity contribution in [3.8, 4) is 0 Å². The highest BCUT2D eigenvalue weighted by Gasteiger charge is 2.27. The van der Waals surface area contributed by atoms with Crippen molar-refractivity contribution in [3.05, 3.63) is 71.3 Å². The zero-order valence-electron chi connectivity index (χ0n) is 16.0. The number of fused-ring (bicyclic) bond motifs is 1. The van der Waals surface area contributed by atoms with Crippen LogP contribution in [-0.2, 0) is 11.2 Å². The van der Waals surface area contributed by atoms with Crippen LogP contribution in [-0.4, -0.2) is 32.9 Å². The second-order valence-electron chi connectivity index (χ2n) is 6.87. The van der Waals surface area contributed by atoms with E-state index in [4.69, 9.17) is 0 Å². The number of aromatic amines is 1. The summed E-state index contributed by atoms with van der Waals surface area (Å²) in [4.78, 5) is 19.3. The van der Waals surface area contributed by atoms with Gasteiger partial charge in [-0.1, -0.05) is 48.2 Å². The van der Waals surface area contributed by atoms with Gasteiger partial charge in [-0.3, -0.25) is 9.89 Å². The molecule has 2 aromatic carbocycles. The molecule has 7 heteroatoms. The quantitative estimate of drug-likeness (QED) is 0.628. The molecule has 0 bridgehead atoms. The molecule has 1 amide bonds. The molecule has 1 aliphatic heterocycles. The van der Waals surface area contributed by atoms with E-state index < -0.39 is 0 Å². The fourth-order valence-electron chi connectivity index (χ4n) is 3.32. The highest BCUT2D eigenvalue weighted by Crippen LogP contribution is 2.30. The molecule has 0 aliphatic carbocycles. The molecule has 2 heterocycles. The summed E-state index contributed by atoms with van der Waals surface area (Å²) in [6, 6.07) is 14.3. The van der Waals surface area contributed by atoms with E-state index in [1.807, 2.05) is 36.1 Å². The second-order valence-corrected chi connectivity index (χ2v) is 8.18. The van der Waals surface area contributed by atoms with Crippen molar-refractivity contribution < 1.29 is 9.18 Å². The Morgan fingerprint density at radius 1 is 1.21 bits per heavy atom. The van der Waals surface area contributed by atoms with Crippen LogP contribution in [0.5, 0.6) is 0 Å². The smallest absolute Gasteiger partial charge is 0.240 e. The Bertz CT molecular complexity index is 1030. The van der Waals surface area contributed by atoms with Crippen LogP contribution in [0, 0.1) is 5.82 Å². The average Bonchev–Trinajstić information content (AvgIpc) is 3.19. The fraction of sp³-hybridized carbons (Fsp3) is 0.227. The van der Waals surface area contributed by atoms with Gasteiger partial charge in [-0.2, -0.15) is 0 Å². The maximum Gasteiger partial charge on any atom is 0.240 e. The van der Waals surface area contributed by atoms with Crippen molar-refractivity contribution in [1.82, 2.24) is 15.2 Å². The molecule has 1 atom stereocenters. The largest absolute Gasteiger partial charge is 0.311 e. The lowest BCUT2D eigenvalue weighted by Gasteiger charge is -2.31. The van der Waals surface area contributed by atoms with Crippen molar-refractivity contribution in [2.75, 3.05) is 11.4 Å². The predicted octanol–water partition coefficient (Wildman–Crippen LogP) is 4.57. The van der Waals surface area contributed by atoms with Gasteiger partial charge in [0.2, 0.25) is 11.1 Å². The van der Waals surface area contributed by atoms with E-state index in [0.717, 1.165) is 30.6 Å². The van der Waals surface area contributed by atoms with Gasteiger partial charge in [0.1, 0.15) is 11.6 Å². The summed E-state index contributed by atoms with van der Waals surface area (Å²) < 4.78 is 13.0. The van der Waals surface area contributed by atoms with Crippen molar-refractivity contribution in [2.24, 2.45) is 0 Å². The number of aromatic nitrogens is 3. The Labute approximate surface area is 173 Å². The van der Waals surface area contributed by atoms with E-state index in [-0.39, 0.29) is 17.0 Å². The van der Waals surface area contributed by atoms with Gasteiger partial charge < -0.3 is 4.90 Å². The third-order valence-electron chi connectivity index (χ3n) is 4.79. The van der Waals surface area contributed by atoms with E-state index in [0.29, 0.717) is 11.0 Å². The van der Waals surface area contributed by atoms with Crippen LogP contribution in [0.4, 0.5) is 10.1 Å². The molecular formula is C22H21FN4OS. The Morgan fingerprint density at radius 2 is 2.00 bits per heavy atom. The number of carbonyl (C=O) groups excluding carboxylic acids is 1. The number of benzene rings is 2. The van der Waals surface area contributed by atoms with Gasteiger partial charge in [0.25, 0.3) is 0 Å². The third-order valence-corrected chi connectivity index (χ3v) is 5.74. The predicted molar refractivity (Wildman–Crippen MR) is 114 cm³/mol. The van der Waals surface area contributed by atoms with Gasteiger partial charge in [0, 0.05) is 12.2 Å². The number of rotatable bonds is 5. The first-order valence-electron chi connectivity index (χ1n) is 9.52. The number of para-hydroxylation sites is 1. The molecule has 1 aliphatic rings. The molecule has 1 aromatic heterocycles. The summed E-state index contributed by atoms with van der Waals surface area (Å²) in [7, 11) is 0. The number of aryl methyl sites for hydroxylation is 1. The van der Waals surface area contributed by atoms with E-state index in [2.05, 4.69) is 21.2 Å². The summed E-state index contributed by atoms with van der Waals surface area (Å²) >= 11 is 1.34. The van der Waals surface area contributed by atoms with Crippen LogP contribution in [0.15, 0.2) is 53.7 Å². The highest BCUT2D eigenvalue weighted by molar-refractivity contribution is 8.00. The fourth-order valence-corrected chi connectivity index (χ4v) is 4.12. The molecule has 5 nitrogen and oxygen atoms in total. The third kappa shape index (κ3) is 4.56. The van der Waals surface area contributed by atoms with Gasteiger partial charge >= 0.3 is 0 Å². The highest BCUT2D eigenvalue weighted by atomic mass is 32.2. The molecular weight excluding hydrogens is 387 g/mol. The van der Waals surface area contributed by atoms with Crippen LogP contribution in [0.1, 0.15) is 30.3 Å². The summed E-state index contributed by atoms with van der Waals surface area (Å²) in [5.41, 5.74) is 3.09. The molecule has 0 spiro atoms. The molecule has 0 unspecified atom stereocenters. The zero-order valence-corrected chi connectivity index (χ0v) is 16.8. The summed E-state index contributed by atoms with van der Waals surface area (Å²) in [6.07, 6.45) is 5.58. The maximum absolute atomic E-state index is 13.0. The molecule has 0 fully saturated rings. The van der Waals surface area contributed by atoms with E-state index in [1.165, 1.54) is 29.5 Å². The lowest BCUT2D eigenvalue weighted by atomic mass is 10.0. The first-order chi connectivity index (χ1) is 14.1. The molecule has 3 aromatic rings. The van der Waals surface area contributed by atoms with Gasteiger partial charge in [-0.15, -0.1) is 5.10 Å². The molecule has 4 rings (SSSR count). The van der Waals surface area contributed by atoms with Crippen LogP contribution >= 0.6 is 11.8 Å². The van der Waals surface area contributed by atoms with Crippen molar-refractivity contribution >= 4 is 35.5 Å². The van der Waals surface area contributed by atoms with Crippen LogP contribution in [0.3, 0.4) is 0 Å². The number of hydrogen-bond donors (Lipinski definition) is 1. The van der Waals surface area contributed by atoms with Crippen molar-refractivity contribution in [2.45, 2.75) is 30.2 Å². The topological polar surface area (TPSA) is 61.9 Å². The molecule has 29 heavy (non-hydrogen) atoms.